The van der Waals surface area contributed by atoms with Crippen molar-refractivity contribution in [2.75, 3.05) is 0 Å². The van der Waals surface area contributed by atoms with E-state index >= 15 is 26.3 Å². The summed E-state index contributed by atoms with van der Waals surface area (Å²) in [5.74, 6) is -15.7. The molecule has 0 saturated heterocycles. The number of hydrogen-bond donors (Lipinski definition) is 0. The molecule has 0 bridgehead atoms. The van der Waals surface area contributed by atoms with Gasteiger partial charge in [0.2, 0.25) is 0 Å². The molecule has 0 unspecified atom stereocenters. The Labute approximate surface area is 225 Å². The zero-order chi connectivity index (χ0) is 27.5. The third-order valence-corrected chi connectivity index (χ3v) is 9.52. The molecule has 0 amide bonds. The Hall–Kier alpha value is -2.84. The summed E-state index contributed by atoms with van der Waals surface area (Å²) >= 11 is 2.32. The molecule has 0 N–H and O–H groups in total. The molecular formula is C30H24F6S2. The molecule has 8 heteroatoms. The van der Waals surface area contributed by atoms with Crippen LogP contribution in [0, 0.1) is 6.92 Å². The van der Waals surface area contributed by atoms with Gasteiger partial charge in [-0.05, 0) is 54.2 Å². The summed E-state index contributed by atoms with van der Waals surface area (Å²) in [6.45, 7) is 5.30. The lowest BCUT2D eigenvalue weighted by atomic mass is 9.93. The third-order valence-electron chi connectivity index (χ3n) is 6.86. The first kappa shape index (κ1) is 26.8. The van der Waals surface area contributed by atoms with Crippen molar-refractivity contribution >= 4 is 33.8 Å². The van der Waals surface area contributed by atoms with Crippen molar-refractivity contribution in [2.45, 2.75) is 51.4 Å². The van der Waals surface area contributed by atoms with E-state index in [1.165, 1.54) is 12.1 Å². The fourth-order valence-electron chi connectivity index (χ4n) is 4.84. The van der Waals surface area contributed by atoms with Crippen LogP contribution in [0.1, 0.15) is 40.3 Å². The largest absolute Gasteiger partial charge is 0.380 e. The maximum Gasteiger partial charge on any atom is 0.380 e. The van der Waals surface area contributed by atoms with Crippen LogP contribution in [-0.4, -0.2) is 17.8 Å². The molecule has 0 saturated carbocycles. The molecule has 1 aliphatic rings. The van der Waals surface area contributed by atoms with Gasteiger partial charge >= 0.3 is 17.8 Å². The Morgan fingerprint density at radius 2 is 1.03 bits per heavy atom. The summed E-state index contributed by atoms with van der Waals surface area (Å²) in [6, 6.07) is 18.9. The molecule has 0 spiro atoms. The van der Waals surface area contributed by atoms with Gasteiger partial charge in [0.05, 0.1) is 0 Å². The predicted molar refractivity (Wildman–Crippen MR) is 145 cm³/mol. The molecule has 0 fully saturated rings. The first-order valence-electron chi connectivity index (χ1n) is 12.2. The molecule has 1 aliphatic carbocycles. The summed E-state index contributed by atoms with van der Waals surface area (Å²) in [6.07, 6.45) is 0.463. The third kappa shape index (κ3) is 3.95. The molecule has 198 valence electrons. The fraction of sp³-hybridized carbons (Fsp3) is 0.267. The van der Waals surface area contributed by atoms with E-state index < -0.39 is 28.9 Å². The van der Waals surface area contributed by atoms with Gasteiger partial charge in [-0.25, -0.2) is 0 Å². The van der Waals surface area contributed by atoms with Crippen LogP contribution >= 0.6 is 22.7 Å². The number of rotatable bonds is 6. The Morgan fingerprint density at radius 3 is 1.45 bits per heavy atom. The van der Waals surface area contributed by atoms with Gasteiger partial charge in [0.1, 0.15) is 0 Å². The highest BCUT2D eigenvalue weighted by molar-refractivity contribution is 7.16. The average molecular weight is 563 g/mol. The lowest BCUT2D eigenvalue weighted by Gasteiger charge is -2.25. The molecule has 0 nitrogen and oxygen atoms in total. The van der Waals surface area contributed by atoms with E-state index in [1.807, 2.05) is 19.1 Å². The minimum atomic E-state index is -5.58. The molecule has 0 radical (unpaired) electrons. The lowest BCUT2D eigenvalue weighted by Crippen LogP contribution is -2.48. The van der Waals surface area contributed by atoms with E-state index in [0.29, 0.717) is 30.6 Å². The monoisotopic (exact) mass is 562 g/mol. The summed E-state index contributed by atoms with van der Waals surface area (Å²) < 4.78 is 92.3. The van der Waals surface area contributed by atoms with Gasteiger partial charge in [0.15, 0.2) is 0 Å². The molecule has 2 aromatic heterocycles. The highest BCUT2D eigenvalue weighted by atomic mass is 32.1. The molecule has 2 aromatic carbocycles. The average Bonchev–Trinajstić information content (AvgIpc) is 3.54. The standard InChI is InChI=1S/C30H24F6S2/c1-4-22-20(15-24(37-22)18-9-7-6-8-10-18)26-27(29(33,34)30(35,36)28(26,31)32)21-16-25(38-23(21)5-2)19-13-11-17(3)12-14-19/h6-16H,4-5H2,1-3H3. The van der Waals surface area contributed by atoms with E-state index in [0.717, 1.165) is 28.2 Å². The maximum absolute atomic E-state index is 15.6. The van der Waals surface area contributed by atoms with E-state index in [1.54, 1.807) is 56.3 Å². The number of alkyl halides is 6. The van der Waals surface area contributed by atoms with Gasteiger partial charge in [-0.3, -0.25) is 0 Å². The van der Waals surface area contributed by atoms with Crippen LogP contribution in [0.5, 0.6) is 0 Å². The molecule has 0 aliphatic heterocycles. The topological polar surface area (TPSA) is 0 Å². The second-order valence-corrected chi connectivity index (χ2v) is 11.6. The first-order chi connectivity index (χ1) is 17.9. The molecule has 4 aromatic rings. The summed E-state index contributed by atoms with van der Waals surface area (Å²) in [7, 11) is 0. The van der Waals surface area contributed by atoms with E-state index in [4.69, 9.17) is 0 Å². The van der Waals surface area contributed by atoms with Crippen LogP contribution < -0.4 is 0 Å². The Balaban J connectivity index is 1.81. The number of halogens is 6. The number of benzene rings is 2. The Morgan fingerprint density at radius 1 is 0.605 bits per heavy atom. The normalized spacial score (nSPS) is 17.8. The predicted octanol–water partition coefficient (Wildman–Crippen LogP) is 10.4. The lowest BCUT2D eigenvalue weighted by molar-refractivity contribution is -0.254. The zero-order valence-electron chi connectivity index (χ0n) is 20.8. The zero-order valence-corrected chi connectivity index (χ0v) is 22.5. The van der Waals surface area contributed by atoms with Crippen molar-refractivity contribution in [2.24, 2.45) is 0 Å². The molecular weight excluding hydrogens is 538 g/mol. The summed E-state index contributed by atoms with van der Waals surface area (Å²) in [4.78, 5) is 1.83. The van der Waals surface area contributed by atoms with Crippen molar-refractivity contribution in [3.8, 4) is 20.9 Å². The van der Waals surface area contributed by atoms with Crippen molar-refractivity contribution in [1.29, 1.82) is 0 Å². The van der Waals surface area contributed by atoms with Crippen molar-refractivity contribution < 1.29 is 26.3 Å². The maximum atomic E-state index is 15.6. The van der Waals surface area contributed by atoms with E-state index in [-0.39, 0.29) is 24.0 Å². The van der Waals surface area contributed by atoms with Crippen LogP contribution in [0.2, 0.25) is 0 Å². The van der Waals surface area contributed by atoms with Crippen LogP contribution in [0.15, 0.2) is 66.7 Å². The van der Waals surface area contributed by atoms with Crippen LogP contribution in [0.4, 0.5) is 26.3 Å². The van der Waals surface area contributed by atoms with Crippen molar-refractivity contribution in [1.82, 2.24) is 0 Å². The molecule has 38 heavy (non-hydrogen) atoms. The number of allylic oxidation sites excluding steroid dienone is 2. The quantitative estimate of drug-likeness (QED) is 0.205. The second-order valence-electron chi connectivity index (χ2n) is 9.31. The van der Waals surface area contributed by atoms with Crippen LogP contribution in [0.3, 0.4) is 0 Å². The SMILES string of the molecule is CCc1sc(-c2ccccc2)cc1C1=C(c2cc(-c3ccc(C)cc3)sc2CC)C(F)(F)C(F)(F)C1(F)F. The first-order valence-corrected chi connectivity index (χ1v) is 13.8. The highest BCUT2D eigenvalue weighted by Crippen LogP contribution is 2.66. The number of thiophene rings is 2. The molecule has 5 rings (SSSR count). The van der Waals surface area contributed by atoms with Gasteiger partial charge in [-0.15, -0.1) is 22.7 Å². The van der Waals surface area contributed by atoms with Gasteiger partial charge in [0, 0.05) is 30.7 Å². The van der Waals surface area contributed by atoms with Gasteiger partial charge in [-0.1, -0.05) is 74.0 Å². The Bertz CT molecular complexity index is 1510. The van der Waals surface area contributed by atoms with Crippen LogP contribution in [0.25, 0.3) is 32.0 Å². The Kier molecular flexibility index (Phi) is 6.63. The van der Waals surface area contributed by atoms with E-state index in [9.17, 15) is 0 Å². The number of aryl methyl sites for hydroxylation is 3. The minimum Gasteiger partial charge on any atom is -0.194 e. The van der Waals surface area contributed by atoms with Gasteiger partial charge < -0.3 is 0 Å². The second kappa shape index (κ2) is 9.42. The summed E-state index contributed by atoms with van der Waals surface area (Å²) in [5.41, 5.74) is -0.618. The van der Waals surface area contributed by atoms with Gasteiger partial charge in [0.25, 0.3) is 0 Å². The highest BCUT2D eigenvalue weighted by Gasteiger charge is 2.80. The van der Waals surface area contributed by atoms with Crippen molar-refractivity contribution in [3.05, 3.63) is 93.2 Å². The minimum absolute atomic E-state index is 0.232. The molecule has 0 atom stereocenters. The van der Waals surface area contributed by atoms with E-state index in [2.05, 4.69) is 0 Å². The fourth-order valence-corrected chi connectivity index (χ4v) is 7.07. The summed E-state index contributed by atoms with van der Waals surface area (Å²) in [5, 5.41) is 0. The van der Waals surface area contributed by atoms with Crippen LogP contribution in [-0.2, 0) is 12.8 Å². The molecule has 2 heterocycles. The smallest absolute Gasteiger partial charge is 0.194 e. The van der Waals surface area contributed by atoms with Crippen molar-refractivity contribution in [3.63, 3.8) is 0 Å². The van der Waals surface area contributed by atoms with Gasteiger partial charge in [-0.2, -0.15) is 26.3 Å². The number of hydrogen-bond acceptors (Lipinski definition) is 2.